The molecule has 0 bridgehead atoms. The van der Waals surface area contributed by atoms with Crippen molar-refractivity contribution in [3.05, 3.63) is 28.2 Å². The van der Waals surface area contributed by atoms with Gasteiger partial charge in [0.2, 0.25) is 5.91 Å². The quantitative estimate of drug-likeness (QED) is 0.494. The van der Waals surface area contributed by atoms with Crippen LogP contribution in [0.4, 0.5) is 4.79 Å². The second kappa shape index (κ2) is 10.1. The van der Waals surface area contributed by atoms with Gasteiger partial charge in [0.25, 0.3) is 11.1 Å². The maximum Gasteiger partial charge on any atom is 0.294 e. The van der Waals surface area contributed by atoms with Crippen LogP contribution in [0.3, 0.4) is 0 Å². The molecule has 1 heterocycles. The average molecular weight is 408 g/mol. The molecule has 1 fully saturated rings. The van der Waals surface area contributed by atoms with Gasteiger partial charge in [-0.1, -0.05) is 0 Å². The fraction of sp³-hybridized carbons (Fsp3) is 0.421. The molecule has 1 aliphatic rings. The summed E-state index contributed by atoms with van der Waals surface area (Å²) in [7, 11) is 3.07. The predicted octanol–water partition coefficient (Wildman–Crippen LogP) is 2.20. The molecular weight excluding hydrogens is 384 g/mol. The zero-order valence-corrected chi connectivity index (χ0v) is 17.2. The molecule has 1 aromatic rings. The molecule has 0 radical (unpaired) electrons. The van der Waals surface area contributed by atoms with Crippen molar-refractivity contribution in [1.82, 2.24) is 10.2 Å². The largest absolute Gasteiger partial charge is 0.493 e. The van der Waals surface area contributed by atoms with Crippen LogP contribution in [0.5, 0.6) is 11.5 Å². The molecule has 28 heavy (non-hydrogen) atoms. The highest BCUT2D eigenvalue weighted by Crippen LogP contribution is 2.36. The second-order valence-corrected chi connectivity index (χ2v) is 6.90. The third-order valence-electron chi connectivity index (χ3n) is 3.94. The number of carbonyl (C=O) groups is 3. The molecule has 2 rings (SSSR count). The van der Waals surface area contributed by atoms with E-state index in [9.17, 15) is 14.4 Å². The van der Waals surface area contributed by atoms with Crippen LogP contribution in [-0.2, 0) is 14.3 Å². The number of amides is 3. The SMILES string of the molecule is CCOc1cc(/C=C2\SC(=O)N(CC(=O)NCCOC)C2=O)c(C)cc1OC. The van der Waals surface area contributed by atoms with Crippen LogP contribution in [0.25, 0.3) is 6.08 Å². The van der Waals surface area contributed by atoms with Gasteiger partial charge in [0, 0.05) is 13.7 Å². The summed E-state index contributed by atoms with van der Waals surface area (Å²) >= 11 is 0.807. The number of hydrogen-bond acceptors (Lipinski definition) is 7. The number of nitrogens with one attached hydrogen (secondary N) is 1. The first-order valence-corrected chi connectivity index (χ1v) is 9.55. The van der Waals surface area contributed by atoms with E-state index >= 15 is 0 Å². The van der Waals surface area contributed by atoms with Crippen LogP contribution in [0, 0.1) is 6.92 Å². The minimum atomic E-state index is -0.495. The smallest absolute Gasteiger partial charge is 0.294 e. The molecule has 0 aliphatic carbocycles. The van der Waals surface area contributed by atoms with Crippen molar-refractivity contribution in [3.8, 4) is 11.5 Å². The van der Waals surface area contributed by atoms with E-state index in [0.29, 0.717) is 31.3 Å². The first-order chi connectivity index (χ1) is 13.4. The number of thioether (sulfide) groups is 1. The van der Waals surface area contributed by atoms with Crippen LogP contribution in [0.2, 0.25) is 0 Å². The van der Waals surface area contributed by atoms with E-state index in [4.69, 9.17) is 14.2 Å². The Kier molecular flexibility index (Phi) is 7.89. The maximum atomic E-state index is 12.6. The van der Waals surface area contributed by atoms with E-state index in [1.165, 1.54) is 7.11 Å². The van der Waals surface area contributed by atoms with Gasteiger partial charge in [-0.25, -0.2) is 0 Å². The van der Waals surface area contributed by atoms with Gasteiger partial charge >= 0.3 is 0 Å². The van der Waals surface area contributed by atoms with Crippen molar-refractivity contribution in [2.45, 2.75) is 13.8 Å². The summed E-state index contributed by atoms with van der Waals surface area (Å²) in [5, 5.41) is 2.11. The van der Waals surface area contributed by atoms with Crippen molar-refractivity contribution in [2.24, 2.45) is 0 Å². The third-order valence-corrected chi connectivity index (χ3v) is 4.85. The second-order valence-electron chi connectivity index (χ2n) is 5.90. The minimum absolute atomic E-state index is 0.255. The predicted molar refractivity (Wildman–Crippen MR) is 106 cm³/mol. The lowest BCUT2D eigenvalue weighted by atomic mass is 10.1. The van der Waals surface area contributed by atoms with Gasteiger partial charge in [-0.05, 0) is 54.9 Å². The van der Waals surface area contributed by atoms with E-state index in [1.807, 2.05) is 19.9 Å². The number of ether oxygens (including phenoxy) is 3. The van der Waals surface area contributed by atoms with Crippen molar-refractivity contribution in [3.63, 3.8) is 0 Å². The van der Waals surface area contributed by atoms with Crippen LogP contribution in [0.15, 0.2) is 17.0 Å². The fourth-order valence-corrected chi connectivity index (χ4v) is 3.36. The molecule has 9 heteroatoms. The lowest BCUT2D eigenvalue weighted by Crippen LogP contribution is -2.40. The van der Waals surface area contributed by atoms with Gasteiger partial charge in [-0.3, -0.25) is 19.3 Å². The zero-order valence-electron chi connectivity index (χ0n) is 16.4. The highest BCUT2D eigenvalue weighted by molar-refractivity contribution is 8.18. The van der Waals surface area contributed by atoms with Gasteiger partial charge in [0.05, 0.1) is 25.2 Å². The Balaban J connectivity index is 2.19. The van der Waals surface area contributed by atoms with Crippen LogP contribution < -0.4 is 14.8 Å². The Morgan fingerprint density at radius 3 is 2.64 bits per heavy atom. The van der Waals surface area contributed by atoms with Gasteiger partial charge in [0.15, 0.2) is 11.5 Å². The van der Waals surface area contributed by atoms with Crippen molar-refractivity contribution in [1.29, 1.82) is 0 Å². The Bertz CT molecular complexity index is 793. The van der Waals surface area contributed by atoms with Crippen molar-refractivity contribution in [2.75, 3.05) is 40.5 Å². The number of carbonyl (C=O) groups excluding carboxylic acids is 3. The first kappa shape index (κ1) is 21.8. The summed E-state index contributed by atoms with van der Waals surface area (Å²) in [6, 6.07) is 3.58. The molecule has 0 atom stereocenters. The molecule has 3 amide bonds. The number of nitrogens with zero attached hydrogens (tertiary/aromatic N) is 1. The van der Waals surface area contributed by atoms with Crippen molar-refractivity contribution >= 4 is 34.9 Å². The molecule has 0 saturated carbocycles. The Hall–Kier alpha value is -2.52. The minimum Gasteiger partial charge on any atom is -0.493 e. The van der Waals surface area contributed by atoms with Gasteiger partial charge in [-0.2, -0.15) is 0 Å². The highest BCUT2D eigenvalue weighted by atomic mass is 32.2. The number of hydrogen-bond donors (Lipinski definition) is 1. The topological polar surface area (TPSA) is 94.2 Å². The molecule has 8 nitrogen and oxygen atoms in total. The molecule has 1 aromatic carbocycles. The van der Waals surface area contributed by atoms with Crippen molar-refractivity contribution < 1.29 is 28.6 Å². The summed E-state index contributed by atoms with van der Waals surface area (Å²) in [5.41, 5.74) is 1.60. The number of methoxy groups -OCH3 is 2. The molecule has 1 saturated heterocycles. The van der Waals surface area contributed by atoms with E-state index in [2.05, 4.69) is 5.32 Å². The molecule has 1 aliphatic heterocycles. The number of rotatable bonds is 9. The van der Waals surface area contributed by atoms with Gasteiger partial charge in [-0.15, -0.1) is 0 Å². The van der Waals surface area contributed by atoms with Gasteiger partial charge in [0.1, 0.15) is 6.54 Å². The Labute approximate surface area is 168 Å². The van der Waals surface area contributed by atoms with E-state index < -0.39 is 17.1 Å². The molecule has 1 N–H and O–H groups in total. The fourth-order valence-electron chi connectivity index (χ4n) is 2.53. The first-order valence-electron chi connectivity index (χ1n) is 8.73. The summed E-state index contributed by atoms with van der Waals surface area (Å²) in [4.78, 5) is 37.9. The normalized spacial score (nSPS) is 15.3. The van der Waals surface area contributed by atoms with Crippen LogP contribution in [-0.4, -0.2) is 62.5 Å². The number of imide groups is 1. The van der Waals surface area contributed by atoms with Crippen LogP contribution >= 0.6 is 11.8 Å². The molecule has 0 spiro atoms. The van der Waals surface area contributed by atoms with Gasteiger partial charge < -0.3 is 19.5 Å². The van der Waals surface area contributed by atoms with E-state index in [0.717, 1.165) is 27.8 Å². The molecule has 152 valence electrons. The summed E-state index contributed by atoms with van der Waals surface area (Å²) < 4.78 is 15.7. The number of aryl methyl sites for hydroxylation is 1. The lowest BCUT2D eigenvalue weighted by Gasteiger charge is -2.13. The van der Waals surface area contributed by atoms with E-state index in [-0.39, 0.29) is 11.4 Å². The Morgan fingerprint density at radius 1 is 1.25 bits per heavy atom. The third kappa shape index (κ3) is 5.26. The molecule has 0 unspecified atom stereocenters. The lowest BCUT2D eigenvalue weighted by molar-refractivity contribution is -0.129. The Morgan fingerprint density at radius 2 is 2.00 bits per heavy atom. The maximum absolute atomic E-state index is 12.6. The average Bonchev–Trinajstić information content (AvgIpc) is 2.92. The zero-order chi connectivity index (χ0) is 20.7. The van der Waals surface area contributed by atoms with Crippen LogP contribution in [0.1, 0.15) is 18.1 Å². The molecule has 0 aromatic heterocycles. The highest BCUT2D eigenvalue weighted by Gasteiger charge is 2.36. The standard InChI is InChI=1S/C19H24N2O6S/c1-5-27-15-9-13(12(2)8-14(15)26-4)10-16-18(23)21(19(24)28-16)11-17(22)20-6-7-25-3/h8-10H,5-7,11H2,1-4H3,(H,20,22)/b16-10-. The van der Waals surface area contributed by atoms with E-state index in [1.54, 1.807) is 19.3 Å². The monoisotopic (exact) mass is 408 g/mol. The molecular formula is C19H24N2O6S. The summed E-state index contributed by atoms with van der Waals surface area (Å²) in [6.07, 6.45) is 1.63. The number of benzene rings is 1. The summed E-state index contributed by atoms with van der Waals surface area (Å²) in [6.45, 7) is 4.55. The summed E-state index contributed by atoms with van der Waals surface area (Å²) in [5.74, 6) is 0.237.